The number of aliphatic hydroxyl groups excluding tert-OH is 1. The number of aliphatic hydroxyl groups is 1. The number of rotatable bonds is 6. The van der Waals surface area contributed by atoms with Gasteiger partial charge >= 0.3 is 6.18 Å². The summed E-state index contributed by atoms with van der Waals surface area (Å²) >= 11 is 0. The van der Waals surface area contributed by atoms with E-state index in [1.165, 1.54) is 26.1 Å². The minimum atomic E-state index is -4.68. The third-order valence-corrected chi connectivity index (χ3v) is 5.53. The van der Waals surface area contributed by atoms with Gasteiger partial charge in [-0.15, -0.1) is 0 Å². The van der Waals surface area contributed by atoms with Crippen molar-refractivity contribution in [3.63, 3.8) is 0 Å². The van der Waals surface area contributed by atoms with Gasteiger partial charge in [0, 0.05) is 55.7 Å². The number of allylic oxidation sites excluding steroid dienone is 2. The zero-order valence-corrected chi connectivity index (χ0v) is 18.6. The molecule has 1 atom stereocenters. The Balaban J connectivity index is 1.94. The molecule has 0 fully saturated rings. The number of aromatic nitrogens is 2. The van der Waals surface area contributed by atoms with E-state index in [0.717, 1.165) is 17.5 Å². The summed E-state index contributed by atoms with van der Waals surface area (Å²) in [5.74, 6) is 0.489. The van der Waals surface area contributed by atoms with Crippen LogP contribution >= 0.6 is 0 Å². The Morgan fingerprint density at radius 2 is 2.03 bits per heavy atom. The molecule has 11 heteroatoms. The van der Waals surface area contributed by atoms with Gasteiger partial charge in [-0.2, -0.15) is 18.3 Å². The molecule has 178 valence electrons. The normalized spacial score (nSPS) is 15.9. The molecule has 3 rings (SSSR count). The molecule has 1 aromatic carbocycles. The van der Waals surface area contributed by atoms with Crippen molar-refractivity contribution in [3.05, 3.63) is 46.8 Å². The number of alkyl halides is 3. The van der Waals surface area contributed by atoms with Crippen molar-refractivity contribution < 1.29 is 23.1 Å². The second kappa shape index (κ2) is 9.65. The van der Waals surface area contributed by atoms with Gasteiger partial charge in [-0.25, -0.2) is 0 Å². The fraction of sp³-hybridized carbons (Fsp3) is 0.409. The third-order valence-electron chi connectivity index (χ3n) is 5.53. The highest BCUT2D eigenvalue weighted by Crippen LogP contribution is 2.32. The van der Waals surface area contributed by atoms with E-state index in [1.807, 2.05) is 6.92 Å². The second-order valence-corrected chi connectivity index (χ2v) is 7.86. The van der Waals surface area contributed by atoms with Crippen LogP contribution in [0.3, 0.4) is 0 Å². The molecule has 2 heterocycles. The van der Waals surface area contributed by atoms with Crippen molar-refractivity contribution in [1.82, 2.24) is 14.7 Å². The molecule has 0 aliphatic carbocycles. The smallest absolute Gasteiger partial charge is 0.394 e. The van der Waals surface area contributed by atoms with Crippen LogP contribution in [0.1, 0.15) is 36.7 Å². The van der Waals surface area contributed by atoms with Gasteiger partial charge in [-0.05, 0) is 24.6 Å². The number of anilines is 2. The number of hydrogen-bond donors (Lipinski definition) is 3. The Labute approximate surface area is 189 Å². The van der Waals surface area contributed by atoms with Gasteiger partial charge in [0.25, 0.3) is 0 Å². The Morgan fingerprint density at radius 3 is 2.58 bits per heavy atom. The first-order chi connectivity index (χ1) is 15.6. The van der Waals surface area contributed by atoms with E-state index >= 15 is 0 Å². The zero-order chi connectivity index (χ0) is 24.3. The Morgan fingerprint density at radius 1 is 1.36 bits per heavy atom. The molecule has 1 aliphatic heterocycles. The molecule has 4 N–H and O–H groups in total. The second-order valence-electron chi connectivity index (χ2n) is 7.86. The number of aliphatic imine (C=N–C) groups is 1. The molecule has 1 unspecified atom stereocenters. The largest absolute Gasteiger partial charge is 0.431 e. The molecule has 1 amide bonds. The van der Waals surface area contributed by atoms with Crippen LogP contribution in [-0.2, 0) is 17.8 Å². The van der Waals surface area contributed by atoms with Crippen LogP contribution in [0.2, 0.25) is 0 Å². The predicted octanol–water partition coefficient (Wildman–Crippen LogP) is 3.02. The monoisotopic (exact) mass is 464 g/mol. The summed E-state index contributed by atoms with van der Waals surface area (Å²) in [6.45, 7) is 4.21. The first-order valence-corrected chi connectivity index (χ1v) is 10.4. The SMILES string of the molecule is CN=CC(=C(N)C(F)(F)F)c1ccc(Nc2nn(C(C)CO)c3c2CN(C(C)=O)CC3)cc1. The molecule has 1 aromatic heterocycles. The summed E-state index contributed by atoms with van der Waals surface area (Å²) in [7, 11) is 1.37. The topological polar surface area (TPSA) is 109 Å². The Bertz CT molecular complexity index is 1070. The van der Waals surface area contributed by atoms with E-state index in [0.29, 0.717) is 31.0 Å². The van der Waals surface area contributed by atoms with Crippen molar-refractivity contribution in [2.75, 3.05) is 25.5 Å². The van der Waals surface area contributed by atoms with Gasteiger partial charge in [-0.1, -0.05) is 12.1 Å². The van der Waals surface area contributed by atoms with Gasteiger partial charge in [0.2, 0.25) is 5.91 Å². The maximum Gasteiger partial charge on any atom is 0.431 e. The number of halogens is 3. The number of benzene rings is 1. The van der Waals surface area contributed by atoms with Crippen LogP contribution < -0.4 is 11.1 Å². The van der Waals surface area contributed by atoms with Gasteiger partial charge in [0.15, 0.2) is 5.82 Å². The van der Waals surface area contributed by atoms with Crippen molar-refractivity contribution in [3.8, 4) is 0 Å². The van der Waals surface area contributed by atoms with Crippen LogP contribution in [0.15, 0.2) is 35.0 Å². The molecule has 0 bridgehead atoms. The molecule has 0 saturated carbocycles. The lowest BCUT2D eigenvalue weighted by Gasteiger charge is -2.27. The van der Waals surface area contributed by atoms with E-state index in [1.54, 1.807) is 21.7 Å². The molecule has 0 spiro atoms. The lowest BCUT2D eigenvalue weighted by Crippen LogP contribution is -2.35. The highest BCUT2D eigenvalue weighted by molar-refractivity contribution is 6.11. The average molecular weight is 464 g/mol. The molecular weight excluding hydrogens is 437 g/mol. The molecule has 2 aromatic rings. The highest BCUT2D eigenvalue weighted by Gasteiger charge is 2.34. The van der Waals surface area contributed by atoms with Crippen LogP contribution in [-0.4, -0.2) is 58.3 Å². The first kappa shape index (κ1) is 24.3. The van der Waals surface area contributed by atoms with E-state index in [4.69, 9.17) is 5.73 Å². The number of nitrogens with zero attached hydrogens (tertiary/aromatic N) is 4. The molecule has 1 aliphatic rings. The number of fused-ring (bicyclic) bond motifs is 1. The number of nitrogens with one attached hydrogen (secondary N) is 1. The van der Waals surface area contributed by atoms with E-state index in [2.05, 4.69) is 15.4 Å². The van der Waals surface area contributed by atoms with Crippen molar-refractivity contribution >= 4 is 29.2 Å². The highest BCUT2D eigenvalue weighted by atomic mass is 19.4. The lowest BCUT2D eigenvalue weighted by atomic mass is 10.0. The van der Waals surface area contributed by atoms with Gasteiger partial charge in [-0.3, -0.25) is 14.5 Å². The maximum absolute atomic E-state index is 13.1. The van der Waals surface area contributed by atoms with E-state index in [9.17, 15) is 23.1 Å². The quantitative estimate of drug-likeness (QED) is 0.570. The molecular formula is C22H27F3N6O2. The summed E-state index contributed by atoms with van der Waals surface area (Å²) in [4.78, 5) is 17.3. The van der Waals surface area contributed by atoms with Crippen LogP contribution in [0.25, 0.3) is 5.57 Å². The summed E-state index contributed by atoms with van der Waals surface area (Å²) < 4.78 is 41.1. The fourth-order valence-corrected chi connectivity index (χ4v) is 3.71. The van der Waals surface area contributed by atoms with Gasteiger partial charge in [0.05, 0.1) is 19.2 Å². The Hall–Kier alpha value is -3.34. The summed E-state index contributed by atoms with van der Waals surface area (Å²) in [5.41, 5.74) is 6.54. The lowest BCUT2D eigenvalue weighted by molar-refractivity contribution is -0.129. The van der Waals surface area contributed by atoms with E-state index < -0.39 is 11.9 Å². The number of amides is 1. The maximum atomic E-state index is 13.1. The fourth-order valence-electron chi connectivity index (χ4n) is 3.71. The van der Waals surface area contributed by atoms with Crippen LogP contribution in [0.4, 0.5) is 24.7 Å². The minimum absolute atomic E-state index is 0.0435. The first-order valence-electron chi connectivity index (χ1n) is 10.4. The number of carbonyl (C=O) groups excluding carboxylic acids is 1. The Kier molecular flexibility index (Phi) is 7.11. The average Bonchev–Trinajstić information content (AvgIpc) is 3.14. The predicted molar refractivity (Wildman–Crippen MR) is 120 cm³/mol. The van der Waals surface area contributed by atoms with Crippen LogP contribution in [0, 0.1) is 0 Å². The van der Waals surface area contributed by atoms with E-state index in [-0.39, 0.29) is 29.7 Å². The third kappa shape index (κ3) is 5.19. The van der Waals surface area contributed by atoms with Gasteiger partial charge in [0.1, 0.15) is 5.70 Å². The van der Waals surface area contributed by atoms with Crippen molar-refractivity contribution in [2.45, 2.75) is 39.0 Å². The molecule has 0 saturated heterocycles. The molecule has 33 heavy (non-hydrogen) atoms. The minimum Gasteiger partial charge on any atom is -0.394 e. The van der Waals surface area contributed by atoms with Crippen molar-refractivity contribution in [1.29, 1.82) is 0 Å². The zero-order valence-electron chi connectivity index (χ0n) is 18.6. The number of carbonyl (C=O) groups is 1. The number of hydrogen-bond acceptors (Lipinski definition) is 6. The molecule has 0 radical (unpaired) electrons. The summed E-state index contributed by atoms with van der Waals surface area (Å²) in [6.07, 6.45) is -2.99. The molecule has 8 nitrogen and oxygen atoms in total. The summed E-state index contributed by atoms with van der Waals surface area (Å²) in [6, 6.07) is 6.02. The standard InChI is InChI=1S/C22H27F3N6O2/c1-13(12-32)31-19-8-9-30(14(2)33)11-18(19)21(29-31)28-16-6-4-15(5-7-16)17(10-27-3)20(26)22(23,24)25/h4-7,10,13,32H,8-9,11-12,26H2,1-3H3,(H,28,29). The van der Waals surface area contributed by atoms with Crippen molar-refractivity contribution in [2.24, 2.45) is 10.7 Å². The number of nitrogens with two attached hydrogens (primary N) is 1. The van der Waals surface area contributed by atoms with Crippen LogP contribution in [0.5, 0.6) is 0 Å². The van der Waals surface area contributed by atoms with Gasteiger partial charge < -0.3 is 21.1 Å². The summed E-state index contributed by atoms with van der Waals surface area (Å²) in [5, 5.41) is 17.4.